The van der Waals surface area contributed by atoms with Crippen molar-refractivity contribution in [1.29, 1.82) is 5.26 Å². The number of amides is 1. The molecule has 0 aliphatic carbocycles. The number of hydrogen-bond acceptors (Lipinski definition) is 2. The molecule has 3 nitrogen and oxygen atoms in total. The zero-order valence-corrected chi connectivity index (χ0v) is 11.8. The number of aryl methyl sites for hydroxylation is 1. The van der Waals surface area contributed by atoms with Gasteiger partial charge in [0.1, 0.15) is 5.82 Å². The number of rotatable bonds is 0. The Balaban J connectivity index is 2.34. The first-order chi connectivity index (χ1) is 10.0. The predicted octanol–water partition coefficient (Wildman–Crippen LogP) is 3.26. The monoisotopic (exact) mass is 280 g/mol. The highest BCUT2D eigenvalue weighted by Gasteiger charge is 2.25. The van der Waals surface area contributed by atoms with Crippen molar-refractivity contribution in [1.82, 2.24) is 4.90 Å². The number of benzene rings is 2. The van der Waals surface area contributed by atoms with Crippen molar-refractivity contribution in [3.8, 4) is 17.2 Å². The quantitative estimate of drug-likeness (QED) is 0.743. The van der Waals surface area contributed by atoms with Crippen molar-refractivity contribution in [2.24, 2.45) is 0 Å². The smallest absolute Gasteiger partial charge is 0.254 e. The molecule has 4 heteroatoms. The first-order valence-corrected chi connectivity index (χ1v) is 6.60. The average Bonchev–Trinajstić information content (AvgIpc) is 2.57. The molecule has 0 radical (unpaired) electrons. The van der Waals surface area contributed by atoms with Gasteiger partial charge >= 0.3 is 0 Å². The van der Waals surface area contributed by atoms with Crippen molar-refractivity contribution in [3.63, 3.8) is 0 Å². The summed E-state index contributed by atoms with van der Waals surface area (Å²) in [6.45, 7) is 2.05. The highest BCUT2D eigenvalue weighted by Crippen LogP contribution is 2.34. The van der Waals surface area contributed by atoms with Gasteiger partial charge in [-0.1, -0.05) is 6.07 Å². The molecule has 0 atom stereocenters. The van der Waals surface area contributed by atoms with Gasteiger partial charge in [-0.25, -0.2) is 4.39 Å². The van der Waals surface area contributed by atoms with E-state index in [0.717, 1.165) is 11.1 Å². The van der Waals surface area contributed by atoms with Gasteiger partial charge in [-0.3, -0.25) is 4.79 Å². The fourth-order valence-electron chi connectivity index (χ4n) is 2.67. The van der Waals surface area contributed by atoms with E-state index in [2.05, 4.69) is 6.07 Å². The van der Waals surface area contributed by atoms with Gasteiger partial charge in [0.25, 0.3) is 5.91 Å². The SMILES string of the molecule is Cc1cc2c(cc1F)-c1ccc(C#N)cc1CN(C)C2=O. The summed E-state index contributed by atoms with van der Waals surface area (Å²) in [5.41, 5.74) is 3.73. The molecule has 2 aromatic carbocycles. The van der Waals surface area contributed by atoms with Gasteiger partial charge in [0.2, 0.25) is 0 Å². The highest BCUT2D eigenvalue weighted by molar-refractivity contribution is 6.02. The molecule has 0 saturated heterocycles. The number of halogens is 1. The molecular weight excluding hydrogens is 267 g/mol. The number of nitrogens with zero attached hydrogens (tertiary/aromatic N) is 2. The number of hydrogen-bond donors (Lipinski definition) is 0. The van der Waals surface area contributed by atoms with E-state index in [1.807, 2.05) is 0 Å². The third kappa shape index (κ3) is 2.07. The average molecular weight is 280 g/mol. The molecule has 0 aromatic heterocycles. The van der Waals surface area contributed by atoms with Crippen LogP contribution in [0.1, 0.15) is 27.0 Å². The van der Waals surface area contributed by atoms with Crippen molar-refractivity contribution in [3.05, 3.63) is 58.4 Å². The van der Waals surface area contributed by atoms with Crippen molar-refractivity contribution in [2.75, 3.05) is 7.05 Å². The summed E-state index contributed by atoms with van der Waals surface area (Å²) in [6.07, 6.45) is 0. The third-order valence-electron chi connectivity index (χ3n) is 3.81. The van der Waals surface area contributed by atoms with Gasteiger partial charge in [-0.2, -0.15) is 5.26 Å². The number of nitriles is 1. The maximum Gasteiger partial charge on any atom is 0.254 e. The van der Waals surface area contributed by atoms with Crippen LogP contribution in [-0.2, 0) is 6.54 Å². The van der Waals surface area contributed by atoms with Gasteiger partial charge in [-0.15, -0.1) is 0 Å². The van der Waals surface area contributed by atoms with Crippen LogP contribution in [0.5, 0.6) is 0 Å². The number of carbonyl (C=O) groups is 1. The number of fused-ring (bicyclic) bond motifs is 3. The molecule has 2 aromatic rings. The van der Waals surface area contributed by atoms with E-state index in [9.17, 15) is 9.18 Å². The molecule has 1 amide bonds. The fourth-order valence-corrected chi connectivity index (χ4v) is 2.67. The van der Waals surface area contributed by atoms with Crippen LogP contribution in [0.2, 0.25) is 0 Å². The van der Waals surface area contributed by atoms with E-state index in [4.69, 9.17) is 5.26 Å². The molecule has 1 aliphatic rings. The van der Waals surface area contributed by atoms with Crippen LogP contribution in [0, 0.1) is 24.1 Å². The lowest BCUT2D eigenvalue weighted by molar-refractivity contribution is 0.0788. The lowest BCUT2D eigenvalue weighted by atomic mass is 9.94. The van der Waals surface area contributed by atoms with E-state index in [1.54, 1.807) is 43.1 Å². The predicted molar refractivity (Wildman–Crippen MR) is 77.1 cm³/mol. The van der Waals surface area contributed by atoms with E-state index >= 15 is 0 Å². The summed E-state index contributed by atoms with van der Waals surface area (Å²) in [4.78, 5) is 14.0. The van der Waals surface area contributed by atoms with E-state index in [0.29, 0.717) is 28.8 Å². The second-order valence-electron chi connectivity index (χ2n) is 5.29. The Kier molecular flexibility index (Phi) is 2.99. The molecule has 0 saturated carbocycles. The first kappa shape index (κ1) is 13.3. The molecule has 0 unspecified atom stereocenters. The molecular formula is C17H13FN2O. The Morgan fingerprint density at radius 3 is 2.67 bits per heavy atom. The Bertz CT molecular complexity index is 805. The third-order valence-corrected chi connectivity index (χ3v) is 3.81. The topological polar surface area (TPSA) is 44.1 Å². The molecule has 0 fully saturated rings. The van der Waals surface area contributed by atoms with Crippen LogP contribution in [0.25, 0.3) is 11.1 Å². The summed E-state index contributed by atoms with van der Waals surface area (Å²) in [7, 11) is 1.71. The van der Waals surface area contributed by atoms with E-state index < -0.39 is 0 Å². The van der Waals surface area contributed by atoms with Crippen molar-refractivity contribution < 1.29 is 9.18 Å². The summed E-state index contributed by atoms with van der Waals surface area (Å²) >= 11 is 0. The largest absolute Gasteiger partial charge is 0.337 e. The van der Waals surface area contributed by atoms with Crippen LogP contribution in [0.4, 0.5) is 4.39 Å². The van der Waals surface area contributed by atoms with Gasteiger partial charge < -0.3 is 4.90 Å². The summed E-state index contributed by atoms with van der Waals surface area (Å²) in [5, 5.41) is 9.01. The minimum Gasteiger partial charge on any atom is -0.337 e. The van der Waals surface area contributed by atoms with E-state index in [-0.39, 0.29) is 11.7 Å². The van der Waals surface area contributed by atoms with Gasteiger partial charge in [0, 0.05) is 19.2 Å². The summed E-state index contributed by atoms with van der Waals surface area (Å²) in [5.74, 6) is -0.468. The van der Waals surface area contributed by atoms with Gasteiger partial charge in [0.15, 0.2) is 0 Å². The molecule has 0 spiro atoms. The van der Waals surface area contributed by atoms with Crippen LogP contribution in [-0.4, -0.2) is 17.9 Å². The zero-order chi connectivity index (χ0) is 15.1. The molecule has 1 aliphatic heterocycles. The Labute approximate surface area is 122 Å². The summed E-state index contributed by atoms with van der Waals surface area (Å²) in [6, 6.07) is 10.3. The van der Waals surface area contributed by atoms with Crippen LogP contribution >= 0.6 is 0 Å². The zero-order valence-electron chi connectivity index (χ0n) is 11.8. The minimum atomic E-state index is -0.332. The first-order valence-electron chi connectivity index (χ1n) is 6.60. The normalized spacial score (nSPS) is 13.2. The lowest BCUT2D eigenvalue weighted by Gasteiger charge is -2.15. The maximum atomic E-state index is 13.9. The Morgan fingerprint density at radius 1 is 1.19 bits per heavy atom. The second-order valence-corrected chi connectivity index (χ2v) is 5.29. The van der Waals surface area contributed by atoms with Crippen molar-refractivity contribution >= 4 is 5.91 Å². The van der Waals surface area contributed by atoms with E-state index in [1.165, 1.54) is 6.07 Å². The highest BCUT2D eigenvalue weighted by atomic mass is 19.1. The lowest BCUT2D eigenvalue weighted by Crippen LogP contribution is -2.25. The molecule has 104 valence electrons. The Morgan fingerprint density at radius 2 is 1.95 bits per heavy atom. The maximum absolute atomic E-state index is 13.9. The summed E-state index contributed by atoms with van der Waals surface area (Å²) < 4.78 is 13.9. The molecule has 0 N–H and O–H groups in total. The second kappa shape index (κ2) is 4.71. The van der Waals surface area contributed by atoms with Crippen LogP contribution in [0.15, 0.2) is 30.3 Å². The van der Waals surface area contributed by atoms with Crippen LogP contribution < -0.4 is 0 Å². The molecule has 3 rings (SSSR count). The standard InChI is InChI=1S/C17H13FN2O/c1-10-5-15-14(7-16(10)18)13-4-3-11(8-19)6-12(13)9-20(2)17(15)21/h3-7H,9H2,1-2H3. The Hall–Kier alpha value is -2.67. The number of carbonyl (C=O) groups excluding carboxylic acids is 1. The fraction of sp³-hybridized carbons (Fsp3) is 0.176. The minimum absolute atomic E-state index is 0.136. The van der Waals surface area contributed by atoms with Gasteiger partial charge in [0.05, 0.1) is 11.6 Å². The molecule has 21 heavy (non-hydrogen) atoms. The molecule has 0 bridgehead atoms. The van der Waals surface area contributed by atoms with Crippen LogP contribution in [0.3, 0.4) is 0 Å². The van der Waals surface area contributed by atoms with Gasteiger partial charge in [-0.05, 0) is 53.4 Å². The molecule has 1 heterocycles. The van der Waals surface area contributed by atoms with Crippen molar-refractivity contribution in [2.45, 2.75) is 13.5 Å².